The smallest absolute Gasteiger partial charge is 0.435 e. The first-order chi connectivity index (χ1) is 13.7. The molecule has 0 N–H and O–H groups in total. The number of ether oxygens (including phenoxy) is 1. The van der Waals surface area contributed by atoms with E-state index < -0.39 is 41.2 Å². The second-order valence-corrected chi connectivity index (χ2v) is 6.52. The molecule has 2 heterocycles. The number of hydrogen-bond acceptors (Lipinski definition) is 5. The third-order valence-electron chi connectivity index (χ3n) is 4.52. The quantitative estimate of drug-likeness (QED) is 0.568. The van der Waals surface area contributed by atoms with Crippen molar-refractivity contribution >= 4 is 11.9 Å². The molecule has 1 aromatic carbocycles. The summed E-state index contributed by atoms with van der Waals surface area (Å²) in [4.78, 5) is 25.9. The van der Waals surface area contributed by atoms with Crippen molar-refractivity contribution < 1.29 is 31.9 Å². The minimum Gasteiger partial charge on any atom is -0.466 e. The monoisotopic (exact) mass is 414 g/mol. The van der Waals surface area contributed by atoms with Crippen molar-refractivity contribution in [2.75, 3.05) is 19.7 Å². The van der Waals surface area contributed by atoms with Crippen molar-refractivity contribution in [2.24, 2.45) is 5.92 Å². The van der Waals surface area contributed by atoms with E-state index >= 15 is 0 Å². The fourth-order valence-electron chi connectivity index (χ4n) is 3.23. The van der Waals surface area contributed by atoms with Crippen LogP contribution in [0.2, 0.25) is 0 Å². The molecular formula is C18H18F4N4O3. The largest absolute Gasteiger partial charge is 0.466 e. The molecule has 1 atom stereocenters. The van der Waals surface area contributed by atoms with Gasteiger partial charge in [-0.05, 0) is 38.0 Å². The molecule has 2 aromatic rings. The standard InChI is InChI=1S/C18H18F4N4O3/c1-2-29-17(28)11-5-4-8-25(10-11)16(27)14-15(18(20,21)22)26(24-23-14)13-7-3-6-12(19)9-13/h3,6-7,9,11H,2,4-5,8,10H2,1H3. The number of rotatable bonds is 4. The van der Waals surface area contributed by atoms with Gasteiger partial charge in [0.2, 0.25) is 0 Å². The highest BCUT2D eigenvalue weighted by Crippen LogP contribution is 2.34. The number of esters is 1. The van der Waals surface area contributed by atoms with Crippen LogP contribution in [0.4, 0.5) is 17.6 Å². The van der Waals surface area contributed by atoms with Gasteiger partial charge >= 0.3 is 12.1 Å². The summed E-state index contributed by atoms with van der Waals surface area (Å²) in [6.45, 7) is 1.92. The zero-order chi connectivity index (χ0) is 21.2. The molecule has 1 unspecified atom stereocenters. The summed E-state index contributed by atoms with van der Waals surface area (Å²) in [5.41, 5.74) is -2.51. The normalized spacial score (nSPS) is 17.3. The highest BCUT2D eigenvalue weighted by molar-refractivity contribution is 5.94. The molecule has 0 aliphatic carbocycles. The van der Waals surface area contributed by atoms with Gasteiger partial charge in [-0.15, -0.1) is 5.10 Å². The van der Waals surface area contributed by atoms with Gasteiger partial charge in [-0.25, -0.2) is 9.07 Å². The molecule has 0 radical (unpaired) electrons. The molecule has 0 spiro atoms. The van der Waals surface area contributed by atoms with Gasteiger partial charge in [0.1, 0.15) is 5.82 Å². The number of piperidine rings is 1. The van der Waals surface area contributed by atoms with E-state index in [2.05, 4.69) is 10.3 Å². The molecule has 1 fully saturated rings. The highest BCUT2D eigenvalue weighted by Gasteiger charge is 2.43. The Morgan fingerprint density at radius 3 is 2.72 bits per heavy atom. The van der Waals surface area contributed by atoms with E-state index in [0.29, 0.717) is 17.5 Å². The number of aromatic nitrogens is 3. The summed E-state index contributed by atoms with van der Waals surface area (Å²) >= 11 is 0. The molecule has 156 valence electrons. The lowest BCUT2D eigenvalue weighted by Gasteiger charge is -2.31. The number of hydrogen-bond donors (Lipinski definition) is 0. The molecule has 7 nitrogen and oxygen atoms in total. The minimum absolute atomic E-state index is 0.0677. The van der Waals surface area contributed by atoms with Crippen LogP contribution in [0, 0.1) is 11.7 Å². The van der Waals surface area contributed by atoms with Crippen molar-refractivity contribution in [3.05, 3.63) is 41.5 Å². The van der Waals surface area contributed by atoms with E-state index in [-0.39, 0.29) is 25.4 Å². The average Bonchev–Trinajstić information content (AvgIpc) is 3.13. The summed E-state index contributed by atoms with van der Waals surface area (Å²) in [7, 11) is 0. The van der Waals surface area contributed by atoms with E-state index in [4.69, 9.17) is 4.74 Å². The second kappa shape index (κ2) is 8.18. The summed E-state index contributed by atoms with van der Waals surface area (Å²) in [5, 5.41) is 6.87. The summed E-state index contributed by atoms with van der Waals surface area (Å²) in [6.07, 6.45) is -4.05. The molecule has 1 aliphatic heterocycles. The third kappa shape index (κ3) is 4.38. The Morgan fingerprint density at radius 2 is 2.07 bits per heavy atom. The molecule has 1 saturated heterocycles. The lowest BCUT2D eigenvalue weighted by Crippen LogP contribution is -2.43. The van der Waals surface area contributed by atoms with Gasteiger partial charge in [-0.1, -0.05) is 11.3 Å². The molecule has 1 amide bonds. The third-order valence-corrected chi connectivity index (χ3v) is 4.52. The SMILES string of the molecule is CCOC(=O)C1CCCN(C(=O)c2nnn(-c3cccc(F)c3)c2C(F)(F)F)C1. The lowest BCUT2D eigenvalue weighted by atomic mass is 9.98. The van der Waals surface area contributed by atoms with E-state index in [0.717, 1.165) is 17.0 Å². The first kappa shape index (κ1) is 20.7. The average molecular weight is 414 g/mol. The van der Waals surface area contributed by atoms with E-state index in [9.17, 15) is 27.2 Å². The van der Waals surface area contributed by atoms with E-state index in [1.165, 1.54) is 12.1 Å². The number of carbonyl (C=O) groups is 2. The predicted octanol–water partition coefficient (Wildman–Crippen LogP) is 2.84. The van der Waals surface area contributed by atoms with Gasteiger partial charge in [0, 0.05) is 13.1 Å². The maximum atomic E-state index is 13.7. The number of nitrogens with zero attached hydrogens (tertiary/aromatic N) is 4. The van der Waals surface area contributed by atoms with Gasteiger partial charge in [0.25, 0.3) is 5.91 Å². The van der Waals surface area contributed by atoms with Crippen LogP contribution in [0.5, 0.6) is 0 Å². The van der Waals surface area contributed by atoms with Gasteiger partial charge in [-0.2, -0.15) is 13.2 Å². The summed E-state index contributed by atoms with van der Waals surface area (Å²) in [6, 6.07) is 4.38. The van der Waals surface area contributed by atoms with Gasteiger partial charge in [0.05, 0.1) is 18.2 Å². The van der Waals surface area contributed by atoms with Crippen LogP contribution in [0.3, 0.4) is 0 Å². The molecule has 1 aliphatic rings. The minimum atomic E-state index is -4.96. The first-order valence-electron chi connectivity index (χ1n) is 8.97. The van der Waals surface area contributed by atoms with Crippen LogP contribution >= 0.6 is 0 Å². The number of carbonyl (C=O) groups excluding carboxylic acids is 2. The molecular weight excluding hydrogens is 396 g/mol. The first-order valence-corrected chi connectivity index (χ1v) is 8.97. The fraction of sp³-hybridized carbons (Fsp3) is 0.444. The Morgan fingerprint density at radius 1 is 1.31 bits per heavy atom. The fourth-order valence-corrected chi connectivity index (χ4v) is 3.23. The molecule has 1 aromatic heterocycles. The highest BCUT2D eigenvalue weighted by atomic mass is 19.4. The van der Waals surface area contributed by atoms with Crippen molar-refractivity contribution in [1.29, 1.82) is 0 Å². The van der Waals surface area contributed by atoms with Gasteiger partial charge < -0.3 is 9.64 Å². The number of likely N-dealkylation sites (tertiary alicyclic amines) is 1. The Balaban J connectivity index is 1.94. The summed E-state index contributed by atoms with van der Waals surface area (Å²) in [5.74, 6) is -2.86. The Hall–Kier alpha value is -2.98. The van der Waals surface area contributed by atoms with Crippen LogP contribution in [0.1, 0.15) is 35.9 Å². The molecule has 29 heavy (non-hydrogen) atoms. The predicted molar refractivity (Wildman–Crippen MR) is 91.6 cm³/mol. The molecule has 11 heteroatoms. The maximum Gasteiger partial charge on any atom is 0.435 e. The number of halogens is 4. The van der Waals surface area contributed by atoms with Gasteiger partial charge in [-0.3, -0.25) is 9.59 Å². The topological polar surface area (TPSA) is 77.3 Å². The Labute approximate surface area is 163 Å². The van der Waals surface area contributed by atoms with Crippen molar-refractivity contribution in [1.82, 2.24) is 19.9 Å². The van der Waals surface area contributed by atoms with Gasteiger partial charge in [0.15, 0.2) is 11.4 Å². The van der Waals surface area contributed by atoms with Crippen LogP contribution in [-0.2, 0) is 15.7 Å². The van der Waals surface area contributed by atoms with E-state index in [1.54, 1.807) is 6.92 Å². The molecule has 0 bridgehead atoms. The van der Waals surface area contributed by atoms with Crippen molar-refractivity contribution in [3.8, 4) is 5.69 Å². The van der Waals surface area contributed by atoms with Crippen LogP contribution in [0.25, 0.3) is 5.69 Å². The molecule has 3 rings (SSSR count). The Kier molecular flexibility index (Phi) is 5.85. The number of alkyl halides is 3. The summed E-state index contributed by atoms with van der Waals surface area (Å²) < 4.78 is 60.0. The number of amides is 1. The van der Waals surface area contributed by atoms with Crippen molar-refractivity contribution in [2.45, 2.75) is 25.9 Å². The van der Waals surface area contributed by atoms with E-state index in [1.807, 2.05) is 0 Å². The zero-order valence-electron chi connectivity index (χ0n) is 15.4. The number of benzene rings is 1. The second-order valence-electron chi connectivity index (χ2n) is 6.52. The Bertz CT molecular complexity index is 913. The van der Waals surface area contributed by atoms with Crippen molar-refractivity contribution in [3.63, 3.8) is 0 Å². The van der Waals surface area contributed by atoms with Crippen LogP contribution < -0.4 is 0 Å². The van der Waals surface area contributed by atoms with Crippen LogP contribution in [-0.4, -0.2) is 51.5 Å². The van der Waals surface area contributed by atoms with Crippen LogP contribution in [0.15, 0.2) is 24.3 Å². The zero-order valence-corrected chi connectivity index (χ0v) is 15.4. The maximum absolute atomic E-state index is 13.7. The molecule has 0 saturated carbocycles. The lowest BCUT2D eigenvalue weighted by molar-refractivity contribution is -0.149.